The Morgan fingerprint density at radius 1 is 1.50 bits per heavy atom. The van der Waals surface area contributed by atoms with Crippen molar-refractivity contribution in [1.29, 1.82) is 0 Å². The van der Waals surface area contributed by atoms with Gasteiger partial charge in [0.25, 0.3) is 0 Å². The van der Waals surface area contributed by atoms with Crippen molar-refractivity contribution in [3.63, 3.8) is 0 Å². The molecule has 1 heteroatoms. The van der Waals surface area contributed by atoms with Crippen LogP contribution in [0.5, 0.6) is 0 Å². The number of benzene rings is 1. The van der Waals surface area contributed by atoms with Gasteiger partial charge < -0.3 is 0 Å². The minimum atomic E-state index is 1.08. The summed E-state index contributed by atoms with van der Waals surface area (Å²) in [7, 11) is 0. The van der Waals surface area contributed by atoms with E-state index >= 15 is 0 Å². The van der Waals surface area contributed by atoms with Crippen LogP contribution in [0.2, 0.25) is 0 Å². The molecule has 1 aromatic carbocycles. The second kappa shape index (κ2) is 3.47. The van der Waals surface area contributed by atoms with Gasteiger partial charge in [0.2, 0.25) is 0 Å². The monoisotopic (exact) mass is 149 g/mol. The van der Waals surface area contributed by atoms with Gasteiger partial charge in [-0.25, -0.2) is 0 Å². The number of thioether (sulfide) groups is 1. The molecule has 0 aliphatic heterocycles. The molecule has 1 aromatic rings. The third-order valence-electron chi connectivity index (χ3n) is 1.29. The maximum Gasteiger partial charge on any atom is 0.00750 e. The molecule has 51 valence electrons. The number of rotatable bonds is 2. The van der Waals surface area contributed by atoms with Gasteiger partial charge in [0, 0.05) is 4.90 Å². The lowest BCUT2D eigenvalue weighted by atomic mass is 10.2. The summed E-state index contributed by atoms with van der Waals surface area (Å²) in [6.45, 7) is 5.34. The zero-order valence-electron chi connectivity index (χ0n) is 5.87. The maximum atomic E-state index is 5.34. The van der Waals surface area contributed by atoms with Crippen LogP contribution in [0.15, 0.2) is 29.2 Å². The van der Waals surface area contributed by atoms with E-state index in [1.165, 1.54) is 4.90 Å². The largest absolute Gasteiger partial charge is 0.130 e. The van der Waals surface area contributed by atoms with E-state index in [1.54, 1.807) is 17.8 Å². The first-order chi connectivity index (χ1) is 4.86. The summed E-state index contributed by atoms with van der Waals surface area (Å²) >= 11 is 1.72. The van der Waals surface area contributed by atoms with Gasteiger partial charge in [-0.2, -0.15) is 0 Å². The second-order valence-electron chi connectivity index (χ2n) is 1.94. The van der Waals surface area contributed by atoms with Crippen LogP contribution in [0.1, 0.15) is 5.56 Å². The average Bonchev–Trinajstić information content (AvgIpc) is 2.05. The third kappa shape index (κ3) is 1.64. The van der Waals surface area contributed by atoms with E-state index in [-0.39, 0.29) is 0 Å². The first-order valence-electron chi connectivity index (χ1n) is 3.06. The lowest BCUT2D eigenvalue weighted by Crippen LogP contribution is -1.71. The summed E-state index contributed by atoms with van der Waals surface area (Å²) in [5.74, 6) is 0. The number of hydrogen-bond donors (Lipinski definition) is 0. The second-order valence-corrected chi connectivity index (χ2v) is 2.82. The summed E-state index contributed by atoms with van der Waals surface area (Å²) in [4.78, 5) is 1.25. The Hall–Kier alpha value is -0.690. The molecular formula is C9H9S. The minimum absolute atomic E-state index is 1.08. The zero-order chi connectivity index (χ0) is 7.40. The van der Waals surface area contributed by atoms with Gasteiger partial charge in [0.15, 0.2) is 0 Å². The quantitative estimate of drug-likeness (QED) is 0.583. The fourth-order valence-electron chi connectivity index (χ4n) is 0.745. The lowest BCUT2D eigenvalue weighted by molar-refractivity contribution is 1.45. The molecule has 0 bridgehead atoms. The minimum Gasteiger partial charge on any atom is -0.130 e. The molecule has 0 aliphatic rings. The van der Waals surface area contributed by atoms with Gasteiger partial charge in [-0.1, -0.05) is 24.8 Å². The number of hydrogen-bond acceptors (Lipinski definition) is 1. The lowest BCUT2D eigenvalue weighted by Gasteiger charge is -1.95. The maximum absolute atomic E-state index is 5.34. The van der Waals surface area contributed by atoms with E-state index in [1.807, 2.05) is 12.1 Å². The molecule has 0 nitrogen and oxygen atoms in total. The predicted octanol–water partition coefficient (Wildman–Crippen LogP) is 2.85. The molecule has 0 saturated heterocycles. The van der Waals surface area contributed by atoms with E-state index in [0.717, 1.165) is 5.56 Å². The predicted molar refractivity (Wildman–Crippen MR) is 47.0 cm³/mol. The first-order valence-corrected chi connectivity index (χ1v) is 4.28. The molecule has 0 unspecified atom stereocenters. The topological polar surface area (TPSA) is 0 Å². The van der Waals surface area contributed by atoms with E-state index < -0.39 is 0 Å². The van der Waals surface area contributed by atoms with Crippen LogP contribution in [-0.2, 0) is 0 Å². The van der Waals surface area contributed by atoms with Gasteiger partial charge >= 0.3 is 0 Å². The van der Waals surface area contributed by atoms with Crippen molar-refractivity contribution in [3.05, 3.63) is 36.4 Å². The molecule has 0 aliphatic carbocycles. The van der Waals surface area contributed by atoms with Crippen molar-refractivity contribution in [2.75, 3.05) is 6.26 Å². The highest BCUT2D eigenvalue weighted by Crippen LogP contribution is 2.15. The normalized spacial score (nSPS) is 9.30. The fraction of sp³-hybridized carbons (Fsp3) is 0.111. The Kier molecular flexibility index (Phi) is 2.57. The summed E-state index contributed by atoms with van der Waals surface area (Å²) in [6.07, 6.45) is 3.66. The molecule has 1 radical (unpaired) electrons. The van der Waals surface area contributed by atoms with Crippen molar-refractivity contribution in [1.82, 2.24) is 0 Å². The van der Waals surface area contributed by atoms with Crippen LogP contribution in [0.3, 0.4) is 0 Å². The van der Waals surface area contributed by atoms with E-state index in [2.05, 4.69) is 18.4 Å². The van der Waals surface area contributed by atoms with Crippen LogP contribution in [-0.4, -0.2) is 6.26 Å². The van der Waals surface area contributed by atoms with Gasteiger partial charge in [-0.05, 0) is 24.0 Å². The van der Waals surface area contributed by atoms with Gasteiger partial charge in [0.1, 0.15) is 0 Å². The van der Waals surface area contributed by atoms with E-state index in [9.17, 15) is 0 Å². The Labute approximate surface area is 66.0 Å². The molecule has 0 fully saturated rings. The van der Waals surface area contributed by atoms with Crippen molar-refractivity contribution in [2.24, 2.45) is 0 Å². The Morgan fingerprint density at radius 3 is 2.90 bits per heavy atom. The highest BCUT2D eigenvalue weighted by Gasteiger charge is 1.88. The third-order valence-corrected chi connectivity index (χ3v) is 2.01. The van der Waals surface area contributed by atoms with Gasteiger partial charge in [-0.3, -0.25) is 0 Å². The molecule has 0 spiro atoms. The van der Waals surface area contributed by atoms with Crippen molar-refractivity contribution in [3.8, 4) is 0 Å². The molecule has 0 saturated carbocycles. The smallest absolute Gasteiger partial charge is 0.00750 e. The van der Waals surface area contributed by atoms with Crippen molar-refractivity contribution >= 4 is 17.8 Å². The molecular weight excluding hydrogens is 140 g/mol. The summed E-state index contributed by atoms with van der Waals surface area (Å²) < 4.78 is 0. The highest BCUT2D eigenvalue weighted by molar-refractivity contribution is 7.98. The summed E-state index contributed by atoms with van der Waals surface area (Å²) in [5.41, 5.74) is 1.08. The molecule has 0 atom stereocenters. The van der Waals surface area contributed by atoms with Crippen LogP contribution in [0.4, 0.5) is 0 Å². The Balaban J connectivity index is 2.98. The standard InChI is InChI=1S/C9H9S/c1-3-8-5-4-6-9(7-8)10-2/h1,3-7H,2H3. The molecule has 0 N–H and O–H groups in total. The van der Waals surface area contributed by atoms with Crippen molar-refractivity contribution in [2.45, 2.75) is 4.90 Å². The van der Waals surface area contributed by atoms with Crippen LogP contribution in [0, 0.1) is 6.58 Å². The zero-order valence-corrected chi connectivity index (χ0v) is 6.69. The first kappa shape index (κ1) is 7.42. The SMILES string of the molecule is [CH]=Cc1cccc(SC)c1. The van der Waals surface area contributed by atoms with Gasteiger partial charge in [-0.15, -0.1) is 11.8 Å². The highest BCUT2D eigenvalue weighted by atomic mass is 32.2. The molecule has 10 heavy (non-hydrogen) atoms. The van der Waals surface area contributed by atoms with Crippen LogP contribution in [0.25, 0.3) is 6.08 Å². The summed E-state index contributed by atoms with van der Waals surface area (Å²) in [6, 6.07) is 8.12. The summed E-state index contributed by atoms with van der Waals surface area (Å²) in [5, 5.41) is 0. The molecule has 0 heterocycles. The molecule has 0 aromatic heterocycles. The van der Waals surface area contributed by atoms with Crippen molar-refractivity contribution < 1.29 is 0 Å². The Bertz CT molecular complexity index is 228. The van der Waals surface area contributed by atoms with Crippen LogP contribution < -0.4 is 0 Å². The molecule has 1 rings (SSSR count). The Morgan fingerprint density at radius 2 is 2.30 bits per heavy atom. The van der Waals surface area contributed by atoms with Crippen LogP contribution >= 0.6 is 11.8 Å². The fourth-order valence-corrected chi connectivity index (χ4v) is 1.21. The molecule has 0 amide bonds. The average molecular weight is 149 g/mol. The van der Waals surface area contributed by atoms with E-state index in [0.29, 0.717) is 0 Å². The van der Waals surface area contributed by atoms with Gasteiger partial charge in [0.05, 0.1) is 0 Å². The van der Waals surface area contributed by atoms with E-state index in [4.69, 9.17) is 6.58 Å².